The molecular weight excluding hydrogens is 178 g/mol. The third-order valence-corrected chi connectivity index (χ3v) is 2.47. The number of nitrogens with zero attached hydrogens (tertiary/aromatic N) is 1. The molecule has 4 heteroatoms. The molecule has 0 amide bonds. The minimum absolute atomic E-state index is 0.356. The van der Waals surface area contributed by atoms with E-state index in [1.165, 1.54) is 12.8 Å². The number of aromatic nitrogens is 2. The van der Waals surface area contributed by atoms with Gasteiger partial charge in [-0.2, -0.15) is 0 Å². The van der Waals surface area contributed by atoms with E-state index in [1.54, 1.807) is 0 Å². The quantitative estimate of drug-likeness (QED) is 0.771. The summed E-state index contributed by atoms with van der Waals surface area (Å²) >= 11 is 0. The summed E-state index contributed by atoms with van der Waals surface area (Å²) in [6.45, 7) is 3.76. The number of ether oxygens (including phenoxy) is 1. The molecular formula is C10H17N3O. The van der Waals surface area contributed by atoms with E-state index in [1.807, 2.05) is 13.1 Å². The Bertz CT molecular complexity index is 279. The van der Waals surface area contributed by atoms with Crippen LogP contribution in [0.2, 0.25) is 0 Å². The minimum atomic E-state index is 0.356. The summed E-state index contributed by atoms with van der Waals surface area (Å²) in [6.07, 6.45) is 5.82. The Morgan fingerprint density at radius 1 is 1.64 bits per heavy atom. The molecule has 2 N–H and O–H groups in total. The molecule has 1 saturated heterocycles. The third-order valence-electron chi connectivity index (χ3n) is 2.47. The summed E-state index contributed by atoms with van der Waals surface area (Å²) in [5.41, 5.74) is 1.08. The molecule has 78 valence electrons. The zero-order valence-electron chi connectivity index (χ0n) is 8.55. The first-order valence-corrected chi connectivity index (χ1v) is 5.21. The highest BCUT2D eigenvalue weighted by molar-refractivity contribution is 5.25. The van der Waals surface area contributed by atoms with Crippen molar-refractivity contribution in [3.63, 3.8) is 0 Å². The van der Waals surface area contributed by atoms with Gasteiger partial charge in [-0.05, 0) is 26.2 Å². The van der Waals surface area contributed by atoms with Crippen molar-refractivity contribution >= 4 is 5.95 Å². The van der Waals surface area contributed by atoms with Crippen LogP contribution in [0.25, 0.3) is 0 Å². The second kappa shape index (κ2) is 4.46. The van der Waals surface area contributed by atoms with Crippen LogP contribution in [-0.4, -0.2) is 29.2 Å². The number of H-pyrrole nitrogens is 1. The molecule has 0 bridgehead atoms. The van der Waals surface area contributed by atoms with Crippen molar-refractivity contribution in [2.24, 2.45) is 0 Å². The van der Waals surface area contributed by atoms with Crippen LogP contribution < -0.4 is 5.32 Å². The lowest BCUT2D eigenvalue weighted by Gasteiger charge is -2.22. The molecule has 14 heavy (non-hydrogen) atoms. The van der Waals surface area contributed by atoms with E-state index >= 15 is 0 Å². The lowest BCUT2D eigenvalue weighted by atomic mass is 10.1. The summed E-state index contributed by atoms with van der Waals surface area (Å²) < 4.78 is 5.60. The monoisotopic (exact) mass is 195 g/mol. The first kappa shape index (κ1) is 9.52. The molecule has 4 nitrogen and oxygen atoms in total. The fourth-order valence-corrected chi connectivity index (χ4v) is 1.68. The van der Waals surface area contributed by atoms with Crippen LogP contribution in [-0.2, 0) is 4.74 Å². The highest BCUT2D eigenvalue weighted by atomic mass is 16.5. The van der Waals surface area contributed by atoms with E-state index in [2.05, 4.69) is 15.3 Å². The van der Waals surface area contributed by atoms with Gasteiger partial charge in [-0.1, -0.05) is 0 Å². The van der Waals surface area contributed by atoms with Gasteiger partial charge in [0.25, 0.3) is 0 Å². The van der Waals surface area contributed by atoms with Gasteiger partial charge in [0.2, 0.25) is 0 Å². The summed E-state index contributed by atoms with van der Waals surface area (Å²) in [5, 5.41) is 3.24. The second-order valence-electron chi connectivity index (χ2n) is 3.78. The molecule has 1 fully saturated rings. The van der Waals surface area contributed by atoms with E-state index < -0.39 is 0 Å². The Hall–Kier alpha value is -1.03. The predicted octanol–water partition coefficient (Wildman–Crippen LogP) is 1.70. The van der Waals surface area contributed by atoms with Crippen LogP contribution in [0.3, 0.4) is 0 Å². The highest BCUT2D eigenvalue weighted by Gasteiger charge is 2.13. The van der Waals surface area contributed by atoms with Gasteiger partial charge in [0, 0.05) is 25.0 Å². The Kier molecular flexibility index (Phi) is 3.03. The van der Waals surface area contributed by atoms with Crippen molar-refractivity contribution in [1.82, 2.24) is 9.97 Å². The van der Waals surface area contributed by atoms with Crippen LogP contribution >= 0.6 is 0 Å². The zero-order valence-corrected chi connectivity index (χ0v) is 8.55. The fraction of sp³-hybridized carbons (Fsp3) is 0.700. The van der Waals surface area contributed by atoms with E-state index in [4.69, 9.17) is 4.74 Å². The van der Waals surface area contributed by atoms with Crippen LogP contribution in [0.4, 0.5) is 5.95 Å². The Morgan fingerprint density at radius 2 is 2.57 bits per heavy atom. The topological polar surface area (TPSA) is 49.9 Å². The molecule has 1 aliphatic heterocycles. The zero-order chi connectivity index (χ0) is 9.80. The molecule has 0 spiro atoms. The molecule has 0 aliphatic carbocycles. The van der Waals surface area contributed by atoms with Crippen molar-refractivity contribution in [3.8, 4) is 0 Å². The van der Waals surface area contributed by atoms with Crippen molar-refractivity contribution < 1.29 is 4.74 Å². The summed E-state index contributed by atoms with van der Waals surface area (Å²) in [6, 6.07) is 0. The first-order chi connectivity index (χ1) is 6.84. The fourth-order valence-electron chi connectivity index (χ4n) is 1.68. The van der Waals surface area contributed by atoms with Gasteiger partial charge in [-0.15, -0.1) is 0 Å². The Labute approximate surface area is 84.1 Å². The van der Waals surface area contributed by atoms with Gasteiger partial charge in [-0.3, -0.25) is 0 Å². The number of rotatable bonds is 3. The maximum Gasteiger partial charge on any atom is 0.200 e. The normalized spacial score (nSPS) is 22.2. The summed E-state index contributed by atoms with van der Waals surface area (Å²) in [4.78, 5) is 7.32. The van der Waals surface area contributed by atoms with E-state index in [0.717, 1.165) is 31.2 Å². The molecule has 1 aliphatic rings. The van der Waals surface area contributed by atoms with Crippen molar-refractivity contribution in [3.05, 3.63) is 11.9 Å². The molecule has 1 atom stereocenters. The standard InChI is InChI=1S/C10H17N3O/c1-8-6-11-10(13-8)12-7-9-4-2-3-5-14-9/h6,9H,2-5,7H2,1H3,(H2,11,12,13). The average Bonchev–Trinajstić information content (AvgIpc) is 2.63. The van der Waals surface area contributed by atoms with Gasteiger partial charge in [-0.25, -0.2) is 4.98 Å². The van der Waals surface area contributed by atoms with Crippen molar-refractivity contribution in [2.75, 3.05) is 18.5 Å². The number of nitrogens with one attached hydrogen (secondary N) is 2. The molecule has 1 aromatic rings. The number of hydrogen-bond donors (Lipinski definition) is 2. The van der Waals surface area contributed by atoms with Crippen molar-refractivity contribution in [2.45, 2.75) is 32.3 Å². The minimum Gasteiger partial charge on any atom is -0.376 e. The maximum absolute atomic E-state index is 5.60. The Balaban J connectivity index is 1.76. The molecule has 1 aromatic heterocycles. The Morgan fingerprint density at radius 3 is 3.21 bits per heavy atom. The predicted molar refractivity (Wildman–Crippen MR) is 55.4 cm³/mol. The third kappa shape index (κ3) is 2.48. The average molecular weight is 195 g/mol. The number of aromatic amines is 1. The molecule has 0 saturated carbocycles. The number of imidazole rings is 1. The van der Waals surface area contributed by atoms with E-state index in [-0.39, 0.29) is 0 Å². The first-order valence-electron chi connectivity index (χ1n) is 5.21. The molecule has 2 heterocycles. The van der Waals surface area contributed by atoms with Gasteiger partial charge >= 0.3 is 0 Å². The van der Waals surface area contributed by atoms with Crippen LogP contribution in [0, 0.1) is 6.92 Å². The SMILES string of the molecule is Cc1cnc(NCC2CCCCO2)[nH]1. The van der Waals surface area contributed by atoms with Gasteiger partial charge in [0.15, 0.2) is 5.95 Å². The smallest absolute Gasteiger partial charge is 0.200 e. The van der Waals surface area contributed by atoms with Crippen LogP contribution in [0.1, 0.15) is 25.0 Å². The molecule has 0 radical (unpaired) electrons. The van der Waals surface area contributed by atoms with E-state index in [0.29, 0.717) is 6.10 Å². The summed E-state index contributed by atoms with van der Waals surface area (Å²) in [5.74, 6) is 0.844. The van der Waals surface area contributed by atoms with Crippen LogP contribution in [0.15, 0.2) is 6.20 Å². The van der Waals surface area contributed by atoms with Gasteiger partial charge < -0.3 is 15.0 Å². The van der Waals surface area contributed by atoms with Crippen molar-refractivity contribution in [1.29, 1.82) is 0 Å². The maximum atomic E-state index is 5.60. The lowest BCUT2D eigenvalue weighted by molar-refractivity contribution is 0.0247. The molecule has 2 rings (SSSR count). The number of hydrogen-bond acceptors (Lipinski definition) is 3. The van der Waals surface area contributed by atoms with Gasteiger partial charge in [0.05, 0.1) is 6.10 Å². The summed E-state index contributed by atoms with van der Waals surface area (Å²) in [7, 11) is 0. The molecule has 1 unspecified atom stereocenters. The highest BCUT2D eigenvalue weighted by Crippen LogP contribution is 2.13. The molecule has 0 aromatic carbocycles. The van der Waals surface area contributed by atoms with Crippen LogP contribution in [0.5, 0.6) is 0 Å². The lowest BCUT2D eigenvalue weighted by Crippen LogP contribution is -2.27. The second-order valence-corrected chi connectivity index (χ2v) is 3.78. The number of anilines is 1. The van der Waals surface area contributed by atoms with Gasteiger partial charge in [0.1, 0.15) is 0 Å². The van der Waals surface area contributed by atoms with E-state index in [9.17, 15) is 0 Å². The number of aryl methyl sites for hydroxylation is 1. The largest absolute Gasteiger partial charge is 0.376 e.